The molecule has 4 rings (SSSR count). The number of carbonyl (C=O) groups is 2. The highest BCUT2D eigenvalue weighted by Crippen LogP contribution is 2.69. The summed E-state index contributed by atoms with van der Waals surface area (Å²) < 4.78 is 5.85. The Bertz CT molecular complexity index is 1070. The van der Waals surface area contributed by atoms with E-state index in [0.29, 0.717) is 30.0 Å². The van der Waals surface area contributed by atoms with Crippen molar-refractivity contribution in [2.45, 2.75) is 45.8 Å². The number of hydrogen-bond donors (Lipinski definition) is 3. The van der Waals surface area contributed by atoms with E-state index in [0.717, 1.165) is 22.7 Å². The molecule has 1 aromatic heterocycles. The first-order chi connectivity index (χ1) is 14.7. The fraction of sp³-hybridized carbons (Fsp3) is 0.455. The Labute approximate surface area is 185 Å². The van der Waals surface area contributed by atoms with Crippen molar-refractivity contribution in [2.24, 2.45) is 21.6 Å². The fourth-order valence-electron chi connectivity index (χ4n) is 4.34. The molecule has 1 aromatic carbocycles. The first-order valence-corrected chi connectivity index (χ1v) is 11.0. The number of nitrogens with zero attached hydrogens (tertiary/aromatic N) is 2. The number of hydrogen-bond acceptors (Lipinski definition) is 7. The summed E-state index contributed by atoms with van der Waals surface area (Å²) in [5, 5.41) is 3.93. The highest BCUT2D eigenvalue weighted by atomic mass is 32.1. The molecule has 9 heteroatoms. The number of anilines is 1. The maximum absolute atomic E-state index is 13.0. The predicted molar refractivity (Wildman–Crippen MR) is 120 cm³/mol. The molecule has 2 fully saturated rings. The van der Waals surface area contributed by atoms with E-state index in [1.807, 2.05) is 6.92 Å². The predicted octanol–water partition coefficient (Wildman–Crippen LogP) is 2.19. The van der Waals surface area contributed by atoms with Crippen molar-refractivity contribution in [1.29, 1.82) is 0 Å². The molecule has 2 unspecified atom stereocenters. The van der Waals surface area contributed by atoms with Gasteiger partial charge in [-0.2, -0.15) is 0 Å². The van der Waals surface area contributed by atoms with Crippen LogP contribution in [0.15, 0.2) is 29.4 Å². The Morgan fingerprint density at radius 2 is 2.13 bits per heavy atom. The largest absolute Gasteiger partial charge is 0.488 e. The lowest BCUT2D eigenvalue weighted by molar-refractivity contribution is -0.125. The molecule has 1 heterocycles. The lowest BCUT2D eigenvalue weighted by atomic mass is 9.85. The second-order valence-electron chi connectivity index (χ2n) is 8.58. The average molecular weight is 442 g/mol. The molecular formula is C22H27N5O3S. The van der Waals surface area contributed by atoms with Gasteiger partial charge in [-0.05, 0) is 49.8 Å². The zero-order chi connectivity index (χ0) is 22.4. The Balaban J connectivity index is 1.48. The molecule has 31 heavy (non-hydrogen) atoms. The number of thiazole rings is 1. The number of ether oxygens (including phenoxy) is 1. The first-order valence-electron chi connectivity index (χ1n) is 10.2. The van der Waals surface area contributed by atoms with Gasteiger partial charge in [0.1, 0.15) is 18.1 Å². The molecule has 0 bridgehead atoms. The van der Waals surface area contributed by atoms with Crippen LogP contribution in [-0.2, 0) is 16.2 Å². The van der Waals surface area contributed by atoms with Crippen LogP contribution in [0.2, 0.25) is 0 Å². The first kappa shape index (κ1) is 21.3. The number of benzene rings is 1. The molecule has 2 aliphatic carbocycles. The Morgan fingerprint density at radius 1 is 1.39 bits per heavy atom. The molecule has 164 valence electrons. The number of amides is 2. The molecule has 2 aromatic rings. The molecule has 0 radical (unpaired) electrons. The van der Waals surface area contributed by atoms with Crippen LogP contribution in [0.3, 0.4) is 0 Å². The summed E-state index contributed by atoms with van der Waals surface area (Å²) in [5.41, 5.74) is 12.2. The summed E-state index contributed by atoms with van der Waals surface area (Å²) in [6, 6.07) is 4.88. The van der Waals surface area contributed by atoms with E-state index in [1.165, 1.54) is 0 Å². The quantitative estimate of drug-likeness (QED) is 0.427. The minimum Gasteiger partial charge on any atom is -0.488 e. The maximum atomic E-state index is 13.0. The monoisotopic (exact) mass is 441 g/mol. The molecule has 0 saturated heterocycles. The number of primary amides is 1. The second-order valence-corrected chi connectivity index (χ2v) is 9.90. The zero-order valence-electron chi connectivity index (χ0n) is 17.9. The Morgan fingerprint density at radius 3 is 2.71 bits per heavy atom. The molecule has 2 atom stereocenters. The van der Waals surface area contributed by atoms with Crippen molar-refractivity contribution in [3.05, 3.63) is 39.8 Å². The summed E-state index contributed by atoms with van der Waals surface area (Å²) in [5.74, 6) is -0.143. The average Bonchev–Trinajstić information content (AvgIpc) is 3.60. The summed E-state index contributed by atoms with van der Waals surface area (Å²) >= 11 is 1.57. The number of nitrogens with two attached hydrogens (primary N) is 2. The molecule has 2 amide bonds. The van der Waals surface area contributed by atoms with Crippen LogP contribution in [-0.4, -0.2) is 35.6 Å². The van der Waals surface area contributed by atoms with Crippen LogP contribution in [0.4, 0.5) is 5.69 Å². The summed E-state index contributed by atoms with van der Waals surface area (Å²) in [7, 11) is 1.54. The molecule has 0 spiro atoms. The SMILES string of the molecule is CN=C(C(=O)NC1CC1(C(N)=O)C1(C)CC1)c1cc(OCc2cnc(C)s2)ccc1N. The number of rotatable bonds is 8. The molecule has 2 saturated carbocycles. The second kappa shape index (κ2) is 7.64. The van der Waals surface area contributed by atoms with Crippen LogP contribution < -0.4 is 21.5 Å². The number of aryl methyl sites for hydroxylation is 1. The van der Waals surface area contributed by atoms with E-state index < -0.39 is 5.41 Å². The third-order valence-electron chi connectivity index (χ3n) is 6.55. The number of carbonyl (C=O) groups excluding carboxylic acids is 2. The van der Waals surface area contributed by atoms with Crippen molar-refractivity contribution in [3.63, 3.8) is 0 Å². The van der Waals surface area contributed by atoms with Gasteiger partial charge in [0, 0.05) is 30.5 Å². The van der Waals surface area contributed by atoms with E-state index in [2.05, 4.69) is 22.2 Å². The van der Waals surface area contributed by atoms with E-state index >= 15 is 0 Å². The van der Waals surface area contributed by atoms with Crippen LogP contribution in [0.5, 0.6) is 5.75 Å². The van der Waals surface area contributed by atoms with Gasteiger partial charge in [0.2, 0.25) is 5.91 Å². The van der Waals surface area contributed by atoms with Gasteiger partial charge in [-0.3, -0.25) is 14.6 Å². The van der Waals surface area contributed by atoms with Gasteiger partial charge in [0.15, 0.2) is 0 Å². The number of aliphatic imine (C=N–C) groups is 1. The van der Waals surface area contributed by atoms with Gasteiger partial charge in [-0.1, -0.05) is 6.92 Å². The minimum absolute atomic E-state index is 0.123. The Hall–Kier alpha value is -2.94. The fourth-order valence-corrected chi connectivity index (χ4v) is 5.04. The third-order valence-corrected chi connectivity index (χ3v) is 7.44. The van der Waals surface area contributed by atoms with Crippen molar-refractivity contribution in [2.75, 3.05) is 12.8 Å². The van der Waals surface area contributed by atoms with E-state index in [1.54, 1.807) is 42.8 Å². The van der Waals surface area contributed by atoms with E-state index in [9.17, 15) is 9.59 Å². The smallest absolute Gasteiger partial charge is 0.270 e. The molecular weight excluding hydrogens is 414 g/mol. The van der Waals surface area contributed by atoms with Crippen LogP contribution in [0.25, 0.3) is 0 Å². The van der Waals surface area contributed by atoms with Crippen molar-refractivity contribution < 1.29 is 14.3 Å². The van der Waals surface area contributed by atoms with Crippen LogP contribution in [0, 0.1) is 17.8 Å². The van der Waals surface area contributed by atoms with Crippen molar-refractivity contribution >= 4 is 34.6 Å². The normalized spacial score (nSPS) is 23.8. The highest BCUT2D eigenvalue weighted by molar-refractivity contribution is 7.11. The third kappa shape index (κ3) is 3.78. The molecule has 8 nitrogen and oxygen atoms in total. The Kier molecular flexibility index (Phi) is 5.25. The van der Waals surface area contributed by atoms with Crippen molar-refractivity contribution in [1.82, 2.24) is 10.3 Å². The zero-order valence-corrected chi connectivity index (χ0v) is 18.7. The lowest BCUT2D eigenvalue weighted by Crippen LogP contribution is -2.42. The van der Waals surface area contributed by atoms with Gasteiger partial charge < -0.3 is 21.5 Å². The van der Waals surface area contributed by atoms with Gasteiger partial charge in [0.25, 0.3) is 5.91 Å². The van der Waals surface area contributed by atoms with Gasteiger partial charge in [0.05, 0.1) is 15.3 Å². The standard InChI is InChI=1S/C22H27N5O3S/c1-12-26-10-14(31-12)11-30-13-4-5-16(23)15(8-13)18(25-3)19(28)27-17-9-22(17,20(24)29)21(2)6-7-21/h4-5,8,10,17H,6-7,9,11,23H2,1-3H3,(H2,24,29)(H,27,28). The number of nitrogens with one attached hydrogen (secondary N) is 1. The van der Waals surface area contributed by atoms with Gasteiger partial charge in [-0.25, -0.2) is 4.98 Å². The topological polar surface area (TPSA) is 133 Å². The maximum Gasteiger partial charge on any atom is 0.270 e. The van der Waals surface area contributed by atoms with Crippen LogP contribution in [0.1, 0.15) is 41.6 Å². The molecule has 2 aliphatic rings. The highest BCUT2D eigenvalue weighted by Gasteiger charge is 2.73. The number of aromatic nitrogens is 1. The molecule has 0 aliphatic heterocycles. The minimum atomic E-state index is -0.662. The van der Waals surface area contributed by atoms with E-state index in [-0.39, 0.29) is 29.0 Å². The summed E-state index contributed by atoms with van der Waals surface area (Å²) in [4.78, 5) is 34.6. The van der Waals surface area contributed by atoms with Crippen LogP contribution >= 0.6 is 11.3 Å². The summed E-state index contributed by atoms with van der Waals surface area (Å²) in [6.07, 6.45) is 4.24. The van der Waals surface area contributed by atoms with Gasteiger partial charge >= 0.3 is 0 Å². The summed E-state index contributed by atoms with van der Waals surface area (Å²) in [6.45, 7) is 4.37. The number of nitrogen functional groups attached to an aromatic ring is 1. The lowest BCUT2D eigenvalue weighted by Gasteiger charge is -2.21. The van der Waals surface area contributed by atoms with Gasteiger partial charge in [-0.15, -0.1) is 11.3 Å². The van der Waals surface area contributed by atoms with E-state index in [4.69, 9.17) is 16.2 Å². The molecule has 5 N–H and O–H groups in total. The van der Waals surface area contributed by atoms with Crippen molar-refractivity contribution in [3.8, 4) is 5.75 Å².